The molecule has 0 saturated heterocycles. The zero-order valence-electron chi connectivity index (χ0n) is 14.2. The minimum absolute atomic E-state index is 0.386. The molecule has 1 amide bonds. The number of nitrogens with one attached hydrogen (secondary N) is 1. The molecule has 134 valence electrons. The molecule has 0 aromatic heterocycles. The SMILES string of the molecule is C[C@@H](OC(=O)[C@@H](C)Oc1ccc(C#N)cc1)C(=O)Nc1ccccc1Cl. The van der Waals surface area contributed by atoms with E-state index in [0.717, 1.165) is 0 Å². The predicted molar refractivity (Wildman–Crippen MR) is 96.9 cm³/mol. The third-order valence-electron chi connectivity index (χ3n) is 3.42. The van der Waals surface area contributed by atoms with Crippen molar-refractivity contribution in [2.75, 3.05) is 5.32 Å². The molecule has 1 N–H and O–H groups in total. The lowest BCUT2D eigenvalue weighted by molar-refractivity contribution is -0.159. The van der Waals surface area contributed by atoms with Crippen molar-refractivity contribution in [1.82, 2.24) is 0 Å². The van der Waals surface area contributed by atoms with E-state index in [1.54, 1.807) is 48.5 Å². The van der Waals surface area contributed by atoms with Crippen LogP contribution in [0.2, 0.25) is 5.02 Å². The number of rotatable bonds is 6. The van der Waals surface area contributed by atoms with E-state index in [-0.39, 0.29) is 0 Å². The zero-order chi connectivity index (χ0) is 19.1. The second-order valence-corrected chi connectivity index (χ2v) is 5.85. The lowest BCUT2D eigenvalue weighted by Gasteiger charge is -2.18. The number of hydrogen-bond acceptors (Lipinski definition) is 5. The second-order valence-electron chi connectivity index (χ2n) is 5.44. The first-order chi connectivity index (χ1) is 12.4. The largest absolute Gasteiger partial charge is 0.479 e. The van der Waals surface area contributed by atoms with Crippen molar-refractivity contribution in [2.45, 2.75) is 26.1 Å². The molecule has 7 heteroatoms. The number of ether oxygens (including phenoxy) is 2. The normalized spacial score (nSPS) is 12.4. The summed E-state index contributed by atoms with van der Waals surface area (Å²) in [6.07, 6.45) is -1.94. The van der Waals surface area contributed by atoms with Crippen molar-refractivity contribution >= 4 is 29.2 Å². The number of anilines is 1. The van der Waals surface area contributed by atoms with Gasteiger partial charge in [-0.15, -0.1) is 0 Å². The highest BCUT2D eigenvalue weighted by atomic mass is 35.5. The Morgan fingerprint density at radius 2 is 1.73 bits per heavy atom. The maximum Gasteiger partial charge on any atom is 0.347 e. The van der Waals surface area contributed by atoms with Crippen LogP contribution >= 0.6 is 11.6 Å². The molecule has 2 rings (SSSR count). The maximum absolute atomic E-state index is 12.1. The number of carbonyl (C=O) groups excluding carboxylic acids is 2. The molecular formula is C19H17ClN2O4. The monoisotopic (exact) mass is 372 g/mol. The Morgan fingerprint density at radius 1 is 1.08 bits per heavy atom. The van der Waals surface area contributed by atoms with E-state index in [2.05, 4.69) is 5.32 Å². The molecule has 26 heavy (non-hydrogen) atoms. The summed E-state index contributed by atoms with van der Waals surface area (Å²) < 4.78 is 10.6. The van der Waals surface area contributed by atoms with Crippen molar-refractivity contribution in [3.8, 4) is 11.8 Å². The van der Waals surface area contributed by atoms with E-state index in [9.17, 15) is 9.59 Å². The number of para-hydroxylation sites is 1. The van der Waals surface area contributed by atoms with Crippen LogP contribution in [-0.4, -0.2) is 24.1 Å². The summed E-state index contributed by atoms with van der Waals surface area (Å²) in [7, 11) is 0. The minimum atomic E-state index is -1.02. The summed E-state index contributed by atoms with van der Waals surface area (Å²) >= 11 is 5.98. The Hall–Kier alpha value is -3.04. The fourth-order valence-corrected chi connectivity index (χ4v) is 2.16. The lowest BCUT2D eigenvalue weighted by atomic mass is 10.2. The highest BCUT2D eigenvalue weighted by Gasteiger charge is 2.23. The zero-order valence-corrected chi connectivity index (χ0v) is 15.0. The van der Waals surface area contributed by atoms with Gasteiger partial charge in [-0.3, -0.25) is 4.79 Å². The molecule has 0 fully saturated rings. The van der Waals surface area contributed by atoms with Crippen LogP contribution in [0.25, 0.3) is 0 Å². The molecule has 2 atom stereocenters. The van der Waals surface area contributed by atoms with Gasteiger partial charge in [0, 0.05) is 0 Å². The van der Waals surface area contributed by atoms with Crippen molar-refractivity contribution in [3.63, 3.8) is 0 Å². The molecule has 2 aromatic rings. The highest BCUT2D eigenvalue weighted by Crippen LogP contribution is 2.21. The summed E-state index contributed by atoms with van der Waals surface area (Å²) in [5.74, 6) is -0.769. The number of nitrogens with zero attached hydrogens (tertiary/aromatic N) is 1. The van der Waals surface area contributed by atoms with Crippen LogP contribution in [0, 0.1) is 11.3 Å². The van der Waals surface area contributed by atoms with Crippen LogP contribution in [0.1, 0.15) is 19.4 Å². The van der Waals surface area contributed by atoms with Gasteiger partial charge in [0.2, 0.25) is 0 Å². The summed E-state index contributed by atoms with van der Waals surface area (Å²) in [4.78, 5) is 24.2. The van der Waals surface area contributed by atoms with Crippen LogP contribution < -0.4 is 10.1 Å². The van der Waals surface area contributed by atoms with E-state index in [1.807, 2.05) is 6.07 Å². The summed E-state index contributed by atoms with van der Waals surface area (Å²) in [6.45, 7) is 2.97. The quantitative estimate of drug-likeness (QED) is 0.783. The molecule has 6 nitrogen and oxygen atoms in total. The third kappa shape index (κ3) is 5.23. The first-order valence-corrected chi connectivity index (χ1v) is 8.21. The van der Waals surface area contributed by atoms with Gasteiger partial charge in [0.15, 0.2) is 12.2 Å². The number of amides is 1. The first-order valence-electron chi connectivity index (χ1n) is 7.83. The molecule has 0 aliphatic rings. The molecule has 2 aromatic carbocycles. The van der Waals surface area contributed by atoms with Crippen molar-refractivity contribution in [1.29, 1.82) is 5.26 Å². The first kappa shape index (κ1) is 19.3. The van der Waals surface area contributed by atoms with E-state index >= 15 is 0 Å². The van der Waals surface area contributed by atoms with Gasteiger partial charge >= 0.3 is 5.97 Å². The molecule has 0 aliphatic carbocycles. The Morgan fingerprint density at radius 3 is 2.35 bits per heavy atom. The van der Waals surface area contributed by atoms with Crippen LogP contribution in [-0.2, 0) is 14.3 Å². The van der Waals surface area contributed by atoms with E-state index in [1.165, 1.54) is 13.8 Å². The van der Waals surface area contributed by atoms with E-state index in [4.69, 9.17) is 26.3 Å². The number of nitriles is 1. The number of halogens is 1. The van der Waals surface area contributed by atoms with E-state index in [0.29, 0.717) is 22.0 Å². The van der Waals surface area contributed by atoms with Crippen molar-refractivity contribution in [3.05, 3.63) is 59.1 Å². The van der Waals surface area contributed by atoms with Gasteiger partial charge in [0.25, 0.3) is 5.91 Å². The molecule has 0 unspecified atom stereocenters. The van der Waals surface area contributed by atoms with E-state index < -0.39 is 24.1 Å². The van der Waals surface area contributed by atoms with Crippen molar-refractivity contribution < 1.29 is 19.1 Å². The Labute approximate surface area is 156 Å². The van der Waals surface area contributed by atoms with Gasteiger partial charge in [0.05, 0.1) is 22.3 Å². The minimum Gasteiger partial charge on any atom is -0.479 e. The smallest absolute Gasteiger partial charge is 0.347 e. The molecule has 0 saturated carbocycles. The standard InChI is InChI=1S/C19H17ClN2O4/c1-12(18(23)22-17-6-4-3-5-16(17)20)26-19(24)13(2)25-15-9-7-14(11-21)8-10-15/h3-10,12-13H,1-2H3,(H,22,23)/t12-,13-/m1/s1. The van der Waals surface area contributed by atoms with Crippen molar-refractivity contribution in [2.24, 2.45) is 0 Å². The summed E-state index contributed by atoms with van der Waals surface area (Å²) in [6, 6.07) is 15.1. The van der Waals surface area contributed by atoms with Gasteiger partial charge in [-0.25, -0.2) is 4.79 Å². The van der Waals surface area contributed by atoms with Crippen LogP contribution in [0.5, 0.6) is 5.75 Å². The average Bonchev–Trinajstić information content (AvgIpc) is 2.64. The van der Waals surface area contributed by atoms with Crippen LogP contribution in [0.15, 0.2) is 48.5 Å². The Kier molecular flexibility index (Phi) is 6.59. The Balaban J connectivity index is 1.89. The number of esters is 1. The van der Waals surface area contributed by atoms with Crippen LogP contribution in [0.3, 0.4) is 0 Å². The molecule has 0 aliphatic heterocycles. The molecule has 0 bridgehead atoms. The number of hydrogen-bond donors (Lipinski definition) is 1. The second kappa shape index (κ2) is 8.88. The highest BCUT2D eigenvalue weighted by molar-refractivity contribution is 6.33. The molecule has 0 heterocycles. The van der Waals surface area contributed by atoms with Gasteiger partial charge in [-0.2, -0.15) is 5.26 Å². The van der Waals surface area contributed by atoms with Gasteiger partial charge in [-0.05, 0) is 50.2 Å². The van der Waals surface area contributed by atoms with Gasteiger partial charge < -0.3 is 14.8 Å². The predicted octanol–water partition coefficient (Wildman–Crippen LogP) is 3.55. The van der Waals surface area contributed by atoms with Gasteiger partial charge in [0.1, 0.15) is 5.75 Å². The fourth-order valence-electron chi connectivity index (χ4n) is 1.98. The van der Waals surface area contributed by atoms with Crippen LogP contribution in [0.4, 0.5) is 5.69 Å². The number of benzene rings is 2. The average molecular weight is 373 g/mol. The summed E-state index contributed by atoms with van der Waals surface area (Å²) in [5, 5.41) is 11.7. The third-order valence-corrected chi connectivity index (χ3v) is 3.75. The Bertz CT molecular complexity index is 830. The molecular weight excluding hydrogens is 356 g/mol. The maximum atomic E-state index is 12.1. The molecule has 0 spiro atoms. The molecule has 0 radical (unpaired) electrons. The number of carbonyl (C=O) groups is 2. The topological polar surface area (TPSA) is 88.4 Å². The van der Waals surface area contributed by atoms with Gasteiger partial charge in [-0.1, -0.05) is 23.7 Å². The lowest BCUT2D eigenvalue weighted by Crippen LogP contribution is -2.35. The fraction of sp³-hybridized carbons (Fsp3) is 0.211. The summed E-state index contributed by atoms with van der Waals surface area (Å²) in [5.41, 5.74) is 0.918.